The number of cyclic esters (lactones) is 1. The molecule has 1 fully saturated rings. The van der Waals surface area contributed by atoms with Crippen molar-refractivity contribution in [1.29, 1.82) is 0 Å². The zero-order valence-corrected chi connectivity index (χ0v) is 17.4. The van der Waals surface area contributed by atoms with Crippen LogP contribution in [0.15, 0.2) is 0 Å². The lowest BCUT2D eigenvalue weighted by molar-refractivity contribution is -0.160. The first-order valence-corrected chi connectivity index (χ1v) is 10.1. The Bertz CT molecular complexity index is 739. The minimum Gasteiger partial charge on any atom is -0.487 e. The molecule has 1 saturated heterocycles. The number of aliphatic hydroxyl groups is 1. The SMILES string of the molecule is CNc1c(C)c2c(c(CC[C@@H]3C[C@@H](O)CC(=O)O3)c1C(C)C)OC(C)(C)C2. The summed E-state index contributed by atoms with van der Waals surface area (Å²) in [6.07, 6.45) is 2.16. The Morgan fingerprint density at radius 3 is 2.63 bits per heavy atom. The van der Waals surface area contributed by atoms with E-state index in [1.165, 1.54) is 27.9 Å². The average molecular weight is 376 g/mol. The first kappa shape index (κ1) is 20.0. The van der Waals surface area contributed by atoms with Crippen molar-refractivity contribution in [3.8, 4) is 5.75 Å². The van der Waals surface area contributed by atoms with Gasteiger partial charge in [0.2, 0.25) is 0 Å². The molecule has 0 amide bonds. The number of hydrogen-bond acceptors (Lipinski definition) is 5. The summed E-state index contributed by atoms with van der Waals surface area (Å²) in [6, 6.07) is 0. The van der Waals surface area contributed by atoms with Crippen LogP contribution in [-0.2, 0) is 22.4 Å². The normalized spacial score (nSPS) is 23.8. The number of hydrogen-bond donors (Lipinski definition) is 2. The maximum absolute atomic E-state index is 11.7. The van der Waals surface area contributed by atoms with Crippen LogP contribution in [0, 0.1) is 6.92 Å². The second-order valence-corrected chi connectivity index (χ2v) is 8.89. The molecule has 2 N–H and O–H groups in total. The van der Waals surface area contributed by atoms with Crippen molar-refractivity contribution in [2.45, 2.75) is 90.4 Å². The highest BCUT2D eigenvalue weighted by Crippen LogP contribution is 2.47. The molecule has 0 saturated carbocycles. The Kier molecular flexibility index (Phi) is 5.44. The number of rotatable bonds is 5. The first-order chi connectivity index (χ1) is 12.6. The summed E-state index contributed by atoms with van der Waals surface area (Å²) in [5.41, 5.74) is 6.04. The third-order valence-corrected chi connectivity index (χ3v) is 5.73. The molecule has 2 atom stereocenters. The number of fused-ring (bicyclic) bond motifs is 1. The van der Waals surface area contributed by atoms with Crippen LogP contribution in [-0.4, -0.2) is 35.9 Å². The van der Waals surface area contributed by atoms with Crippen LogP contribution >= 0.6 is 0 Å². The highest BCUT2D eigenvalue weighted by Gasteiger charge is 2.36. The van der Waals surface area contributed by atoms with Gasteiger partial charge in [-0.05, 0) is 50.7 Å². The second-order valence-electron chi connectivity index (χ2n) is 8.89. The van der Waals surface area contributed by atoms with Crippen molar-refractivity contribution in [2.75, 3.05) is 12.4 Å². The quantitative estimate of drug-likeness (QED) is 0.765. The Balaban J connectivity index is 1.98. The fraction of sp³-hybridized carbons (Fsp3) is 0.682. The van der Waals surface area contributed by atoms with E-state index in [0.717, 1.165) is 18.6 Å². The predicted molar refractivity (Wildman–Crippen MR) is 107 cm³/mol. The average Bonchev–Trinajstić information content (AvgIpc) is 2.88. The Morgan fingerprint density at radius 1 is 1.33 bits per heavy atom. The van der Waals surface area contributed by atoms with Gasteiger partial charge in [-0.15, -0.1) is 0 Å². The minimum atomic E-state index is -0.590. The molecule has 0 aliphatic carbocycles. The molecule has 3 rings (SSSR count). The highest BCUT2D eigenvalue weighted by molar-refractivity contribution is 5.71. The molecule has 5 nitrogen and oxygen atoms in total. The molecule has 27 heavy (non-hydrogen) atoms. The lowest BCUT2D eigenvalue weighted by Gasteiger charge is -2.28. The molecule has 0 bridgehead atoms. The molecular formula is C22H33NO4. The van der Waals surface area contributed by atoms with Gasteiger partial charge in [0.05, 0.1) is 12.5 Å². The molecular weight excluding hydrogens is 342 g/mol. The topological polar surface area (TPSA) is 67.8 Å². The monoisotopic (exact) mass is 375 g/mol. The number of esters is 1. The van der Waals surface area contributed by atoms with E-state index in [1.807, 2.05) is 7.05 Å². The van der Waals surface area contributed by atoms with Crippen molar-refractivity contribution < 1.29 is 19.4 Å². The van der Waals surface area contributed by atoms with Gasteiger partial charge in [-0.1, -0.05) is 13.8 Å². The van der Waals surface area contributed by atoms with Gasteiger partial charge >= 0.3 is 5.97 Å². The van der Waals surface area contributed by atoms with Gasteiger partial charge in [-0.3, -0.25) is 4.79 Å². The molecule has 0 spiro atoms. The molecule has 5 heteroatoms. The molecule has 0 unspecified atom stereocenters. The lowest BCUT2D eigenvalue weighted by atomic mass is 9.85. The molecule has 1 aromatic carbocycles. The van der Waals surface area contributed by atoms with Crippen LogP contribution in [0.5, 0.6) is 5.75 Å². The molecule has 2 aliphatic rings. The standard InChI is InChI=1S/C22H33NO4/c1-12(2)19-16(8-7-15-9-14(24)10-18(25)26-15)21-17(11-22(4,5)27-21)13(3)20(19)23-6/h12,14-15,23-24H,7-11H2,1-6H3/t14-,15-/m1/s1. The van der Waals surface area contributed by atoms with Crippen molar-refractivity contribution >= 4 is 11.7 Å². The third-order valence-electron chi connectivity index (χ3n) is 5.73. The molecule has 2 heterocycles. The number of carbonyl (C=O) groups is 1. The highest BCUT2D eigenvalue weighted by atomic mass is 16.5. The van der Waals surface area contributed by atoms with Gasteiger partial charge in [-0.25, -0.2) is 0 Å². The van der Waals surface area contributed by atoms with E-state index in [1.54, 1.807) is 0 Å². The Morgan fingerprint density at radius 2 is 2.04 bits per heavy atom. The van der Waals surface area contributed by atoms with Crippen molar-refractivity contribution in [3.05, 3.63) is 22.3 Å². The zero-order valence-electron chi connectivity index (χ0n) is 17.4. The number of carbonyl (C=O) groups excluding carboxylic acids is 1. The summed E-state index contributed by atoms with van der Waals surface area (Å²) >= 11 is 0. The van der Waals surface area contributed by atoms with Crippen molar-refractivity contribution in [1.82, 2.24) is 0 Å². The summed E-state index contributed by atoms with van der Waals surface area (Å²) in [5.74, 6) is 1.06. The number of ether oxygens (including phenoxy) is 2. The molecule has 1 aromatic rings. The number of anilines is 1. The number of nitrogens with one attached hydrogen (secondary N) is 1. The van der Waals surface area contributed by atoms with Gasteiger partial charge in [0.1, 0.15) is 17.5 Å². The summed E-state index contributed by atoms with van der Waals surface area (Å²) < 4.78 is 11.9. The summed E-state index contributed by atoms with van der Waals surface area (Å²) in [4.78, 5) is 11.7. The van der Waals surface area contributed by atoms with Gasteiger partial charge in [0.25, 0.3) is 0 Å². The van der Waals surface area contributed by atoms with Crippen molar-refractivity contribution in [3.63, 3.8) is 0 Å². The Labute approximate surface area is 162 Å². The van der Waals surface area contributed by atoms with E-state index in [0.29, 0.717) is 18.8 Å². The van der Waals surface area contributed by atoms with Gasteiger partial charge in [0.15, 0.2) is 0 Å². The van der Waals surface area contributed by atoms with Crippen LogP contribution in [0.4, 0.5) is 5.69 Å². The smallest absolute Gasteiger partial charge is 0.308 e. The molecule has 0 aromatic heterocycles. The van der Waals surface area contributed by atoms with Gasteiger partial charge < -0.3 is 19.9 Å². The van der Waals surface area contributed by atoms with Gasteiger partial charge in [0, 0.05) is 36.7 Å². The first-order valence-electron chi connectivity index (χ1n) is 10.1. The predicted octanol–water partition coefficient (Wildman–Crippen LogP) is 3.87. The summed E-state index contributed by atoms with van der Waals surface area (Å²) in [7, 11) is 1.98. The minimum absolute atomic E-state index is 0.106. The van der Waals surface area contributed by atoms with E-state index < -0.39 is 6.10 Å². The largest absolute Gasteiger partial charge is 0.487 e. The molecule has 2 aliphatic heterocycles. The van der Waals surface area contributed by atoms with E-state index in [9.17, 15) is 9.90 Å². The summed E-state index contributed by atoms with van der Waals surface area (Å²) in [5, 5.41) is 13.3. The molecule has 150 valence electrons. The number of benzene rings is 1. The van der Waals surface area contributed by atoms with E-state index in [2.05, 4.69) is 39.9 Å². The Hall–Kier alpha value is -1.75. The fourth-order valence-electron chi connectivity index (χ4n) is 4.60. The zero-order chi connectivity index (χ0) is 19.9. The maximum atomic E-state index is 11.7. The van der Waals surface area contributed by atoms with Crippen LogP contribution in [0.25, 0.3) is 0 Å². The van der Waals surface area contributed by atoms with Crippen LogP contribution < -0.4 is 10.1 Å². The van der Waals surface area contributed by atoms with Crippen LogP contribution in [0.3, 0.4) is 0 Å². The van der Waals surface area contributed by atoms with E-state index in [4.69, 9.17) is 9.47 Å². The number of aliphatic hydroxyl groups excluding tert-OH is 1. The van der Waals surface area contributed by atoms with Crippen LogP contribution in [0.2, 0.25) is 0 Å². The third kappa shape index (κ3) is 3.93. The van der Waals surface area contributed by atoms with Crippen LogP contribution in [0.1, 0.15) is 75.1 Å². The fourth-order valence-corrected chi connectivity index (χ4v) is 4.60. The summed E-state index contributed by atoms with van der Waals surface area (Å²) in [6.45, 7) is 10.8. The van der Waals surface area contributed by atoms with Gasteiger partial charge in [-0.2, -0.15) is 0 Å². The maximum Gasteiger partial charge on any atom is 0.308 e. The second kappa shape index (κ2) is 7.34. The molecule has 0 radical (unpaired) electrons. The van der Waals surface area contributed by atoms with E-state index >= 15 is 0 Å². The lowest BCUT2D eigenvalue weighted by Crippen LogP contribution is -2.33. The van der Waals surface area contributed by atoms with Crippen molar-refractivity contribution in [2.24, 2.45) is 0 Å². The van der Waals surface area contributed by atoms with E-state index in [-0.39, 0.29) is 24.1 Å².